The number of nitrogens with zero attached hydrogens (tertiary/aromatic N) is 5. The van der Waals surface area contributed by atoms with Crippen LogP contribution in [0.25, 0.3) is 0 Å². The molecule has 1 aromatic heterocycles. The average molecular weight is 410 g/mol. The zero-order chi connectivity index (χ0) is 14.4. The van der Waals surface area contributed by atoms with Gasteiger partial charge >= 0.3 is 5.97 Å². The Morgan fingerprint density at radius 3 is 2.90 bits per heavy atom. The van der Waals surface area contributed by atoms with Gasteiger partial charge in [-0.25, -0.2) is 9.48 Å². The molecule has 2 heterocycles. The van der Waals surface area contributed by atoms with Gasteiger partial charge in [0.1, 0.15) is 0 Å². The lowest BCUT2D eigenvalue weighted by atomic mass is 10.4. The summed E-state index contributed by atoms with van der Waals surface area (Å²) in [6, 6.07) is 0. The number of morpholine rings is 1. The zero-order valence-electron chi connectivity index (χ0n) is 11.8. The Hall–Kier alpha value is -1.43. The van der Waals surface area contributed by atoms with E-state index in [1.807, 2.05) is 4.90 Å². The molecule has 2 rings (SSSR count). The lowest BCUT2D eigenvalue weighted by Gasteiger charge is -2.27. The fourth-order valence-corrected chi connectivity index (χ4v) is 1.77. The van der Waals surface area contributed by atoms with E-state index < -0.39 is 5.97 Å². The van der Waals surface area contributed by atoms with Gasteiger partial charge in [0.25, 0.3) is 0 Å². The number of nitrogens with two attached hydrogens (primary N) is 1. The van der Waals surface area contributed by atoms with Gasteiger partial charge in [0.2, 0.25) is 0 Å². The maximum atomic E-state index is 11.2. The van der Waals surface area contributed by atoms with E-state index in [4.69, 9.17) is 10.5 Å². The summed E-state index contributed by atoms with van der Waals surface area (Å²) in [6.45, 7) is 3.81. The molecular formula is C11H19IN6O3. The number of esters is 1. The summed E-state index contributed by atoms with van der Waals surface area (Å²) >= 11 is 0. The Labute approximate surface area is 139 Å². The number of carbonyl (C=O) groups is 1. The highest BCUT2D eigenvalue weighted by Crippen LogP contribution is 1.97. The van der Waals surface area contributed by atoms with Gasteiger partial charge < -0.3 is 20.1 Å². The van der Waals surface area contributed by atoms with Gasteiger partial charge in [-0.1, -0.05) is 5.21 Å². The Balaban J connectivity index is 0.00000220. The third-order valence-electron chi connectivity index (χ3n) is 2.87. The van der Waals surface area contributed by atoms with Crippen LogP contribution in [0.3, 0.4) is 0 Å². The van der Waals surface area contributed by atoms with E-state index in [0.29, 0.717) is 32.3 Å². The Morgan fingerprint density at radius 1 is 1.52 bits per heavy atom. The molecule has 0 spiro atoms. The molecule has 0 aliphatic carbocycles. The van der Waals surface area contributed by atoms with Crippen LogP contribution in [0.1, 0.15) is 10.5 Å². The summed E-state index contributed by atoms with van der Waals surface area (Å²) in [4.78, 5) is 17.5. The lowest BCUT2D eigenvalue weighted by Crippen LogP contribution is -2.44. The SMILES string of the molecule is COC(=O)c1cn(CCN=C(N)N2CCOCC2)nn1.I. The van der Waals surface area contributed by atoms with Crippen LogP contribution in [0, 0.1) is 0 Å². The Kier molecular flexibility index (Phi) is 7.36. The van der Waals surface area contributed by atoms with Crippen molar-refractivity contribution in [3.8, 4) is 0 Å². The number of carbonyl (C=O) groups excluding carboxylic acids is 1. The fourth-order valence-electron chi connectivity index (χ4n) is 1.77. The van der Waals surface area contributed by atoms with Gasteiger partial charge in [-0.2, -0.15) is 0 Å². The highest BCUT2D eigenvalue weighted by molar-refractivity contribution is 14.0. The van der Waals surface area contributed by atoms with Crippen molar-refractivity contribution in [1.82, 2.24) is 19.9 Å². The van der Waals surface area contributed by atoms with Gasteiger partial charge in [0.05, 0.1) is 39.6 Å². The minimum Gasteiger partial charge on any atom is -0.464 e. The van der Waals surface area contributed by atoms with Crippen molar-refractivity contribution in [2.75, 3.05) is 40.0 Å². The molecule has 118 valence electrons. The van der Waals surface area contributed by atoms with Crippen LogP contribution in [-0.2, 0) is 16.0 Å². The molecule has 0 radical (unpaired) electrons. The monoisotopic (exact) mass is 410 g/mol. The minimum absolute atomic E-state index is 0. The molecule has 0 unspecified atom stereocenters. The fraction of sp³-hybridized carbons (Fsp3) is 0.636. The maximum absolute atomic E-state index is 11.2. The first-order valence-electron chi connectivity index (χ1n) is 6.32. The van der Waals surface area contributed by atoms with Crippen molar-refractivity contribution >= 4 is 35.9 Å². The third kappa shape index (κ3) is 5.12. The highest BCUT2D eigenvalue weighted by Gasteiger charge is 2.12. The second-order valence-electron chi connectivity index (χ2n) is 4.20. The van der Waals surface area contributed by atoms with E-state index in [1.54, 1.807) is 0 Å². The molecule has 21 heavy (non-hydrogen) atoms. The molecule has 10 heteroatoms. The van der Waals surface area contributed by atoms with Crippen molar-refractivity contribution in [1.29, 1.82) is 0 Å². The normalized spacial score (nSPS) is 15.5. The van der Waals surface area contributed by atoms with Crippen molar-refractivity contribution in [2.45, 2.75) is 6.54 Å². The van der Waals surface area contributed by atoms with Gasteiger partial charge in [-0.15, -0.1) is 29.1 Å². The molecule has 0 aromatic carbocycles. The van der Waals surface area contributed by atoms with Crippen LogP contribution >= 0.6 is 24.0 Å². The number of rotatable bonds is 4. The zero-order valence-corrected chi connectivity index (χ0v) is 14.1. The molecular weight excluding hydrogens is 391 g/mol. The lowest BCUT2D eigenvalue weighted by molar-refractivity contribution is 0.0594. The molecule has 1 saturated heterocycles. The molecule has 1 fully saturated rings. The van der Waals surface area contributed by atoms with E-state index in [0.717, 1.165) is 13.1 Å². The molecule has 9 nitrogen and oxygen atoms in total. The molecule has 1 aliphatic rings. The molecule has 0 atom stereocenters. The van der Waals surface area contributed by atoms with Crippen molar-refractivity contribution in [3.05, 3.63) is 11.9 Å². The van der Waals surface area contributed by atoms with E-state index >= 15 is 0 Å². The second-order valence-corrected chi connectivity index (χ2v) is 4.20. The molecule has 2 N–H and O–H groups in total. The molecule has 0 amide bonds. The molecule has 0 saturated carbocycles. The second kappa shape index (κ2) is 8.77. The predicted molar refractivity (Wildman–Crippen MR) is 85.7 cm³/mol. The van der Waals surface area contributed by atoms with Crippen LogP contribution in [0.15, 0.2) is 11.2 Å². The van der Waals surface area contributed by atoms with E-state index in [2.05, 4.69) is 20.0 Å². The molecule has 0 bridgehead atoms. The minimum atomic E-state index is -0.507. The number of halogens is 1. The number of aliphatic imine (C=N–C) groups is 1. The maximum Gasteiger partial charge on any atom is 0.360 e. The van der Waals surface area contributed by atoms with E-state index in [9.17, 15) is 4.79 Å². The summed E-state index contributed by atoms with van der Waals surface area (Å²) in [7, 11) is 1.30. The number of hydrogen-bond acceptors (Lipinski definition) is 6. The number of aromatic nitrogens is 3. The van der Waals surface area contributed by atoms with E-state index in [-0.39, 0.29) is 29.7 Å². The summed E-state index contributed by atoms with van der Waals surface area (Å²) in [5.74, 6) is -0.00538. The average Bonchev–Trinajstić information content (AvgIpc) is 2.96. The van der Waals surface area contributed by atoms with Crippen molar-refractivity contribution < 1.29 is 14.3 Å². The first-order chi connectivity index (χ1) is 9.70. The van der Waals surface area contributed by atoms with Crippen LogP contribution in [-0.4, -0.2) is 71.8 Å². The van der Waals surface area contributed by atoms with Crippen molar-refractivity contribution in [3.63, 3.8) is 0 Å². The van der Waals surface area contributed by atoms with Crippen LogP contribution in [0.2, 0.25) is 0 Å². The van der Waals surface area contributed by atoms with Crippen molar-refractivity contribution in [2.24, 2.45) is 10.7 Å². The summed E-state index contributed by atoms with van der Waals surface area (Å²) in [5.41, 5.74) is 6.07. The third-order valence-corrected chi connectivity index (χ3v) is 2.87. The van der Waals surface area contributed by atoms with Crippen LogP contribution in [0.4, 0.5) is 0 Å². The first kappa shape index (κ1) is 17.6. The smallest absolute Gasteiger partial charge is 0.360 e. The summed E-state index contributed by atoms with van der Waals surface area (Å²) < 4.78 is 11.3. The quantitative estimate of drug-likeness (QED) is 0.304. The largest absolute Gasteiger partial charge is 0.464 e. The molecule has 1 aromatic rings. The van der Waals surface area contributed by atoms with E-state index in [1.165, 1.54) is 18.0 Å². The predicted octanol–water partition coefficient (Wildman–Crippen LogP) is -0.670. The number of guanidine groups is 1. The molecule has 1 aliphatic heterocycles. The number of hydrogen-bond donors (Lipinski definition) is 1. The summed E-state index contributed by atoms with van der Waals surface area (Å²) in [6.07, 6.45) is 1.52. The van der Waals surface area contributed by atoms with Gasteiger partial charge in [0, 0.05) is 13.1 Å². The standard InChI is InChI=1S/C11H18N6O3.HI/c1-19-10(18)9-8-17(15-14-9)3-2-13-11(12)16-4-6-20-7-5-16;/h8H,2-7H2,1H3,(H2,12,13);1H. The Bertz CT molecular complexity index is 486. The van der Waals surface area contributed by atoms with Crippen LogP contribution in [0.5, 0.6) is 0 Å². The summed E-state index contributed by atoms with van der Waals surface area (Å²) in [5, 5.41) is 7.52. The Morgan fingerprint density at radius 2 is 2.24 bits per heavy atom. The number of methoxy groups -OCH3 is 1. The van der Waals surface area contributed by atoms with Gasteiger partial charge in [-0.05, 0) is 0 Å². The van der Waals surface area contributed by atoms with Gasteiger partial charge in [-0.3, -0.25) is 4.99 Å². The number of ether oxygens (including phenoxy) is 2. The van der Waals surface area contributed by atoms with Crippen LogP contribution < -0.4 is 5.73 Å². The highest BCUT2D eigenvalue weighted by atomic mass is 127. The topological polar surface area (TPSA) is 108 Å². The van der Waals surface area contributed by atoms with Gasteiger partial charge in [0.15, 0.2) is 11.7 Å². The first-order valence-corrected chi connectivity index (χ1v) is 6.32.